The number of rotatable bonds is 2. The van der Waals surface area contributed by atoms with Crippen LogP contribution in [-0.2, 0) is 21.4 Å². The number of benzene rings is 1. The van der Waals surface area contributed by atoms with E-state index in [2.05, 4.69) is 15.3 Å². The summed E-state index contributed by atoms with van der Waals surface area (Å²) in [6.07, 6.45) is -0.478. The fourth-order valence-electron chi connectivity index (χ4n) is 2.89. The molecule has 3 heterocycles. The van der Waals surface area contributed by atoms with Crippen LogP contribution in [0.1, 0.15) is 16.2 Å². The first kappa shape index (κ1) is 23.9. The number of hydrogen-bond donors (Lipinski definition) is 2. The summed E-state index contributed by atoms with van der Waals surface area (Å²) in [5.41, 5.74) is 1.68. The third kappa shape index (κ3) is 5.01. The molecule has 10 nitrogen and oxygen atoms in total. The second-order valence-electron chi connectivity index (χ2n) is 6.64. The molecule has 1 amide bonds. The van der Waals surface area contributed by atoms with Gasteiger partial charge in [-0.25, -0.2) is 18.2 Å². The van der Waals surface area contributed by atoms with Gasteiger partial charge in [0.25, 0.3) is 5.91 Å². The van der Waals surface area contributed by atoms with Crippen molar-refractivity contribution in [2.24, 2.45) is 0 Å². The molecule has 0 aliphatic carbocycles. The van der Waals surface area contributed by atoms with E-state index in [0.717, 1.165) is 0 Å². The van der Waals surface area contributed by atoms with Gasteiger partial charge in [0, 0.05) is 13.2 Å². The van der Waals surface area contributed by atoms with E-state index in [9.17, 15) is 26.4 Å². The standard InChI is InChI=1S/C17H15N5O3S.C2HF3O2/c1-21-10-14-16(17(23)20-12-5-4-8-18-9-12)19-11-22(14)13-6-2-3-7-15(13)26(21,24)25;3-2(4,5)1(6)7/h2-9,11H,10H2,1H3,(H,20,23);(H,6,7). The molecule has 33 heavy (non-hydrogen) atoms. The molecule has 0 saturated carbocycles. The van der Waals surface area contributed by atoms with Gasteiger partial charge in [0.15, 0.2) is 5.69 Å². The number of pyridine rings is 1. The summed E-state index contributed by atoms with van der Waals surface area (Å²) in [6.45, 7) is 0.0345. The van der Waals surface area contributed by atoms with Crippen molar-refractivity contribution in [3.63, 3.8) is 0 Å². The number of nitrogens with one attached hydrogen (secondary N) is 1. The highest BCUT2D eigenvalue weighted by Gasteiger charge is 2.38. The summed E-state index contributed by atoms with van der Waals surface area (Å²) in [7, 11) is -2.17. The van der Waals surface area contributed by atoms with Gasteiger partial charge in [0.2, 0.25) is 10.0 Å². The largest absolute Gasteiger partial charge is 0.490 e. The molecule has 4 rings (SSSR count). The molecule has 174 valence electrons. The van der Waals surface area contributed by atoms with Gasteiger partial charge < -0.3 is 10.4 Å². The van der Waals surface area contributed by atoms with Crippen molar-refractivity contribution in [1.29, 1.82) is 0 Å². The summed E-state index contributed by atoms with van der Waals surface area (Å²) in [5.74, 6) is -3.18. The number of alkyl halides is 3. The van der Waals surface area contributed by atoms with Gasteiger partial charge in [0.1, 0.15) is 11.2 Å². The summed E-state index contributed by atoms with van der Waals surface area (Å²) < 4.78 is 60.1. The average molecular weight is 483 g/mol. The van der Waals surface area contributed by atoms with Crippen LogP contribution in [-0.4, -0.2) is 57.5 Å². The molecule has 0 atom stereocenters. The van der Waals surface area contributed by atoms with Crippen LogP contribution < -0.4 is 5.32 Å². The van der Waals surface area contributed by atoms with Gasteiger partial charge in [-0.05, 0) is 24.3 Å². The highest BCUT2D eigenvalue weighted by Crippen LogP contribution is 2.30. The molecule has 0 unspecified atom stereocenters. The minimum Gasteiger partial charge on any atom is -0.475 e. The van der Waals surface area contributed by atoms with Gasteiger partial charge in [-0.2, -0.15) is 17.5 Å². The maximum absolute atomic E-state index is 12.7. The van der Waals surface area contributed by atoms with Crippen LogP contribution in [0.2, 0.25) is 0 Å². The van der Waals surface area contributed by atoms with Crippen LogP contribution >= 0.6 is 0 Å². The number of amides is 1. The molecule has 0 saturated heterocycles. The average Bonchev–Trinajstić information content (AvgIpc) is 3.14. The van der Waals surface area contributed by atoms with Crippen molar-refractivity contribution in [1.82, 2.24) is 18.8 Å². The Morgan fingerprint density at radius 2 is 1.82 bits per heavy atom. The normalized spacial score (nSPS) is 14.7. The lowest BCUT2D eigenvalue weighted by Crippen LogP contribution is -2.26. The second kappa shape index (κ2) is 8.99. The molecular weight excluding hydrogens is 467 g/mol. The van der Waals surface area contributed by atoms with E-state index >= 15 is 0 Å². The maximum atomic E-state index is 12.7. The molecular formula is C19H16F3N5O5S. The summed E-state index contributed by atoms with van der Waals surface area (Å²) in [6, 6.07) is 10.1. The van der Waals surface area contributed by atoms with Crippen molar-refractivity contribution in [3.8, 4) is 5.69 Å². The van der Waals surface area contributed by atoms with Crippen LogP contribution in [0.15, 0.2) is 60.0 Å². The number of aliphatic carboxylic acids is 1. The highest BCUT2D eigenvalue weighted by atomic mass is 32.2. The number of hydrogen-bond acceptors (Lipinski definition) is 6. The summed E-state index contributed by atoms with van der Waals surface area (Å²) in [5, 5.41) is 9.85. The van der Waals surface area contributed by atoms with E-state index in [1.165, 1.54) is 23.9 Å². The first-order valence-corrected chi connectivity index (χ1v) is 10.5. The molecule has 3 aromatic rings. The summed E-state index contributed by atoms with van der Waals surface area (Å²) in [4.78, 5) is 29.9. The Bertz CT molecular complexity index is 1290. The van der Waals surface area contributed by atoms with E-state index in [1.807, 2.05) is 0 Å². The number of sulfonamides is 1. The van der Waals surface area contributed by atoms with E-state index in [4.69, 9.17) is 9.90 Å². The van der Waals surface area contributed by atoms with Crippen molar-refractivity contribution >= 4 is 27.6 Å². The number of carbonyl (C=O) groups excluding carboxylic acids is 1. The lowest BCUT2D eigenvalue weighted by Gasteiger charge is -2.14. The molecule has 14 heteroatoms. The van der Waals surface area contributed by atoms with E-state index in [1.54, 1.807) is 47.2 Å². The quantitative estimate of drug-likeness (QED) is 0.571. The molecule has 0 fully saturated rings. The first-order chi connectivity index (χ1) is 15.4. The molecule has 2 N–H and O–H groups in total. The van der Waals surface area contributed by atoms with E-state index in [-0.39, 0.29) is 17.1 Å². The summed E-state index contributed by atoms with van der Waals surface area (Å²) >= 11 is 0. The number of imidazole rings is 1. The van der Waals surface area contributed by atoms with Crippen LogP contribution in [0, 0.1) is 0 Å². The van der Waals surface area contributed by atoms with Crippen molar-refractivity contribution < 1.29 is 36.3 Å². The number of carboxylic acids is 1. The number of para-hydroxylation sites is 1. The molecule has 0 spiro atoms. The van der Waals surface area contributed by atoms with Crippen molar-refractivity contribution in [3.05, 3.63) is 66.5 Å². The van der Waals surface area contributed by atoms with Crippen LogP contribution in [0.4, 0.5) is 18.9 Å². The Balaban J connectivity index is 0.000000383. The number of carboxylic acid groups (broad SMARTS) is 1. The van der Waals surface area contributed by atoms with Gasteiger partial charge in [-0.15, -0.1) is 0 Å². The maximum Gasteiger partial charge on any atom is 0.490 e. The molecule has 1 aromatic carbocycles. The van der Waals surface area contributed by atoms with Gasteiger partial charge in [-0.3, -0.25) is 14.3 Å². The third-order valence-corrected chi connectivity index (χ3v) is 6.28. The molecule has 1 aliphatic rings. The van der Waals surface area contributed by atoms with Gasteiger partial charge in [0.05, 0.1) is 29.8 Å². The van der Waals surface area contributed by atoms with Crippen LogP contribution in [0.5, 0.6) is 0 Å². The Labute approximate surface area is 185 Å². The predicted octanol–water partition coefficient (Wildman–Crippen LogP) is 2.29. The number of halogens is 3. The van der Waals surface area contributed by atoms with Crippen molar-refractivity contribution in [2.75, 3.05) is 12.4 Å². The first-order valence-electron chi connectivity index (χ1n) is 9.06. The third-order valence-electron chi connectivity index (χ3n) is 4.43. The minimum absolute atomic E-state index is 0.0345. The number of anilines is 1. The second-order valence-corrected chi connectivity index (χ2v) is 8.65. The molecule has 0 bridgehead atoms. The Kier molecular flexibility index (Phi) is 6.51. The fraction of sp³-hybridized carbons (Fsp3) is 0.158. The Hall–Kier alpha value is -3.78. The molecule has 2 aromatic heterocycles. The minimum atomic E-state index is -5.08. The van der Waals surface area contributed by atoms with Crippen LogP contribution in [0.3, 0.4) is 0 Å². The zero-order chi connectivity index (χ0) is 24.4. The van der Waals surface area contributed by atoms with Gasteiger partial charge in [-0.1, -0.05) is 12.1 Å². The lowest BCUT2D eigenvalue weighted by molar-refractivity contribution is -0.192. The van der Waals surface area contributed by atoms with Gasteiger partial charge >= 0.3 is 12.1 Å². The monoisotopic (exact) mass is 483 g/mol. The van der Waals surface area contributed by atoms with Crippen molar-refractivity contribution in [2.45, 2.75) is 17.6 Å². The van der Waals surface area contributed by atoms with Crippen LogP contribution in [0.25, 0.3) is 5.69 Å². The van der Waals surface area contributed by atoms with E-state index < -0.39 is 28.1 Å². The molecule has 1 aliphatic heterocycles. The predicted molar refractivity (Wildman–Crippen MR) is 108 cm³/mol. The SMILES string of the molecule is CN1Cc2c(C(=O)Nc3cccnc3)ncn2-c2ccccc2S1(=O)=O.O=C(O)C(F)(F)F. The number of fused-ring (bicyclic) bond motifs is 3. The number of nitrogens with zero attached hydrogens (tertiary/aromatic N) is 4. The lowest BCUT2D eigenvalue weighted by atomic mass is 10.2. The fourth-order valence-corrected chi connectivity index (χ4v) is 4.20. The highest BCUT2D eigenvalue weighted by molar-refractivity contribution is 7.89. The number of aromatic nitrogens is 3. The Morgan fingerprint density at radius 3 is 2.42 bits per heavy atom. The zero-order valence-electron chi connectivity index (χ0n) is 16.8. The molecule has 0 radical (unpaired) electrons. The topological polar surface area (TPSA) is 134 Å². The van der Waals surface area contributed by atoms with E-state index in [0.29, 0.717) is 17.1 Å². The smallest absolute Gasteiger partial charge is 0.475 e. The Morgan fingerprint density at radius 1 is 1.15 bits per heavy atom. The zero-order valence-corrected chi connectivity index (χ0v) is 17.6. The number of carbonyl (C=O) groups is 2.